The molecule has 1 amide bonds. The number of hydrogen-bond donors (Lipinski definition) is 2. The largest absolute Gasteiger partial charge is 0.494 e. The number of anilines is 3. The molecule has 0 unspecified atom stereocenters. The Balaban J connectivity index is 2.10. The fourth-order valence-corrected chi connectivity index (χ4v) is 2.56. The van der Waals surface area contributed by atoms with Gasteiger partial charge in [-0.1, -0.05) is 0 Å². The van der Waals surface area contributed by atoms with E-state index >= 15 is 0 Å². The normalized spacial score (nSPS) is 10.3. The van der Waals surface area contributed by atoms with Gasteiger partial charge in [0.05, 0.1) is 18.0 Å². The average molecular weight is 327 g/mol. The molecule has 5 heteroatoms. The summed E-state index contributed by atoms with van der Waals surface area (Å²) in [6, 6.07) is 12.7. The number of nitrogens with two attached hydrogens (primary N) is 1. The number of hydrogen-bond acceptors (Lipinski definition) is 4. The zero-order valence-electron chi connectivity index (χ0n) is 14.5. The van der Waals surface area contributed by atoms with Gasteiger partial charge in [-0.05, 0) is 63.2 Å². The molecule has 0 heterocycles. The molecule has 0 saturated carbocycles. The van der Waals surface area contributed by atoms with Crippen LogP contribution in [0.2, 0.25) is 0 Å². The average Bonchev–Trinajstić information content (AvgIpc) is 2.58. The molecular formula is C19H25N3O2. The lowest BCUT2D eigenvalue weighted by atomic mass is 10.2. The van der Waals surface area contributed by atoms with Gasteiger partial charge in [-0.25, -0.2) is 0 Å². The van der Waals surface area contributed by atoms with Crippen LogP contribution < -0.4 is 20.7 Å². The number of rotatable bonds is 7. The van der Waals surface area contributed by atoms with E-state index in [0.717, 1.165) is 24.5 Å². The van der Waals surface area contributed by atoms with E-state index in [2.05, 4.69) is 24.1 Å². The van der Waals surface area contributed by atoms with Crippen LogP contribution in [0.1, 0.15) is 31.1 Å². The third kappa shape index (κ3) is 4.19. The van der Waals surface area contributed by atoms with Crippen LogP contribution in [0.4, 0.5) is 17.1 Å². The number of carbonyl (C=O) groups is 1. The predicted octanol–water partition coefficient (Wildman–Crippen LogP) is 3.77. The highest BCUT2D eigenvalue weighted by atomic mass is 16.5. The molecule has 0 atom stereocenters. The molecule has 24 heavy (non-hydrogen) atoms. The van der Waals surface area contributed by atoms with Gasteiger partial charge in [0, 0.05) is 24.3 Å². The van der Waals surface area contributed by atoms with Crippen molar-refractivity contribution in [2.45, 2.75) is 20.8 Å². The fraction of sp³-hybridized carbons (Fsp3) is 0.316. The van der Waals surface area contributed by atoms with E-state index < -0.39 is 0 Å². The maximum Gasteiger partial charge on any atom is 0.255 e. The van der Waals surface area contributed by atoms with Gasteiger partial charge in [0.15, 0.2) is 0 Å². The number of ether oxygens (including phenoxy) is 1. The highest BCUT2D eigenvalue weighted by molar-refractivity contribution is 6.04. The number of nitrogen functional groups attached to an aromatic ring is 1. The third-order valence-corrected chi connectivity index (χ3v) is 3.82. The van der Waals surface area contributed by atoms with Crippen molar-refractivity contribution in [3.63, 3.8) is 0 Å². The summed E-state index contributed by atoms with van der Waals surface area (Å²) in [6.07, 6.45) is 0. The molecule has 2 rings (SSSR count). The van der Waals surface area contributed by atoms with Gasteiger partial charge in [0.1, 0.15) is 5.75 Å². The van der Waals surface area contributed by atoms with Crippen LogP contribution in [0.3, 0.4) is 0 Å². The van der Waals surface area contributed by atoms with E-state index in [1.165, 1.54) is 0 Å². The van der Waals surface area contributed by atoms with E-state index in [0.29, 0.717) is 23.5 Å². The molecule has 5 nitrogen and oxygen atoms in total. The topological polar surface area (TPSA) is 67.6 Å². The number of nitrogens with one attached hydrogen (secondary N) is 1. The minimum Gasteiger partial charge on any atom is -0.494 e. The number of carbonyl (C=O) groups excluding carboxylic acids is 1. The van der Waals surface area contributed by atoms with Gasteiger partial charge in [-0.2, -0.15) is 0 Å². The van der Waals surface area contributed by atoms with Gasteiger partial charge in [0.25, 0.3) is 5.91 Å². The Kier molecular flexibility index (Phi) is 6.07. The van der Waals surface area contributed by atoms with Crippen molar-refractivity contribution in [1.82, 2.24) is 0 Å². The van der Waals surface area contributed by atoms with Crippen LogP contribution in [0.15, 0.2) is 42.5 Å². The zero-order chi connectivity index (χ0) is 17.5. The molecule has 0 aliphatic heterocycles. The summed E-state index contributed by atoms with van der Waals surface area (Å²) in [6.45, 7) is 8.48. The number of benzene rings is 2. The van der Waals surface area contributed by atoms with Crippen molar-refractivity contribution in [3.8, 4) is 5.75 Å². The summed E-state index contributed by atoms with van der Waals surface area (Å²) >= 11 is 0. The lowest BCUT2D eigenvalue weighted by Gasteiger charge is -2.23. The Morgan fingerprint density at radius 2 is 1.75 bits per heavy atom. The van der Waals surface area contributed by atoms with E-state index in [4.69, 9.17) is 10.5 Å². The SMILES string of the molecule is CCOc1ccc(C(=O)Nc2ccc(N(CC)CC)c(N)c2)cc1. The summed E-state index contributed by atoms with van der Waals surface area (Å²) in [4.78, 5) is 14.5. The summed E-state index contributed by atoms with van der Waals surface area (Å²) in [5.74, 6) is 0.579. The molecule has 0 aromatic heterocycles. The molecule has 128 valence electrons. The zero-order valence-corrected chi connectivity index (χ0v) is 14.5. The van der Waals surface area contributed by atoms with E-state index in [9.17, 15) is 4.79 Å². The Hall–Kier alpha value is -2.69. The van der Waals surface area contributed by atoms with Crippen molar-refractivity contribution in [2.75, 3.05) is 35.6 Å². The monoisotopic (exact) mass is 327 g/mol. The second-order valence-electron chi connectivity index (χ2n) is 5.36. The van der Waals surface area contributed by atoms with Crippen molar-refractivity contribution >= 4 is 23.0 Å². The maximum absolute atomic E-state index is 12.3. The molecule has 0 radical (unpaired) electrons. The van der Waals surface area contributed by atoms with Crippen LogP contribution in [0.25, 0.3) is 0 Å². The second kappa shape index (κ2) is 8.24. The van der Waals surface area contributed by atoms with Crippen molar-refractivity contribution in [3.05, 3.63) is 48.0 Å². The van der Waals surface area contributed by atoms with Crippen molar-refractivity contribution < 1.29 is 9.53 Å². The lowest BCUT2D eigenvalue weighted by molar-refractivity contribution is 0.102. The molecule has 0 spiro atoms. The smallest absolute Gasteiger partial charge is 0.255 e. The summed E-state index contributed by atoms with van der Waals surface area (Å²) in [5, 5.41) is 2.87. The highest BCUT2D eigenvalue weighted by Gasteiger charge is 2.10. The standard InChI is InChI=1S/C19H25N3O2/c1-4-22(5-2)18-12-9-15(13-17(18)20)21-19(23)14-7-10-16(11-8-14)24-6-3/h7-13H,4-6,20H2,1-3H3,(H,21,23). The fourth-order valence-electron chi connectivity index (χ4n) is 2.56. The van der Waals surface area contributed by atoms with Crippen LogP contribution >= 0.6 is 0 Å². The Morgan fingerprint density at radius 3 is 2.29 bits per heavy atom. The van der Waals surface area contributed by atoms with Crippen molar-refractivity contribution in [2.24, 2.45) is 0 Å². The maximum atomic E-state index is 12.3. The molecule has 0 saturated heterocycles. The molecule has 0 aliphatic rings. The lowest BCUT2D eigenvalue weighted by Crippen LogP contribution is -2.23. The number of nitrogens with zero attached hydrogens (tertiary/aromatic N) is 1. The molecule has 2 aromatic carbocycles. The Labute approximate surface area is 143 Å². The highest BCUT2D eigenvalue weighted by Crippen LogP contribution is 2.26. The summed E-state index contributed by atoms with van der Waals surface area (Å²) in [5.41, 5.74) is 9.03. The molecule has 2 aromatic rings. The molecule has 0 bridgehead atoms. The van der Waals surface area contributed by atoms with Crippen LogP contribution in [0.5, 0.6) is 5.75 Å². The molecule has 0 fully saturated rings. The minimum absolute atomic E-state index is 0.173. The van der Waals surface area contributed by atoms with Crippen LogP contribution in [-0.2, 0) is 0 Å². The second-order valence-corrected chi connectivity index (χ2v) is 5.36. The van der Waals surface area contributed by atoms with Crippen LogP contribution in [0, 0.1) is 0 Å². The molecular weight excluding hydrogens is 302 g/mol. The van der Waals surface area contributed by atoms with E-state index in [-0.39, 0.29) is 5.91 Å². The first kappa shape index (κ1) is 17.7. The number of amides is 1. The van der Waals surface area contributed by atoms with E-state index in [1.54, 1.807) is 30.3 Å². The van der Waals surface area contributed by atoms with Gasteiger partial charge in [-0.15, -0.1) is 0 Å². The van der Waals surface area contributed by atoms with E-state index in [1.807, 2.05) is 19.1 Å². The van der Waals surface area contributed by atoms with Gasteiger partial charge in [0.2, 0.25) is 0 Å². The quantitative estimate of drug-likeness (QED) is 0.760. The first-order valence-electron chi connectivity index (χ1n) is 8.27. The molecule has 0 aliphatic carbocycles. The summed E-state index contributed by atoms with van der Waals surface area (Å²) in [7, 11) is 0. The van der Waals surface area contributed by atoms with Crippen LogP contribution in [-0.4, -0.2) is 25.6 Å². The first-order valence-corrected chi connectivity index (χ1v) is 8.27. The van der Waals surface area contributed by atoms with Gasteiger partial charge in [-0.3, -0.25) is 4.79 Å². The first-order chi connectivity index (χ1) is 11.6. The predicted molar refractivity (Wildman–Crippen MR) is 100.0 cm³/mol. The minimum atomic E-state index is -0.173. The van der Waals surface area contributed by atoms with Gasteiger partial charge < -0.3 is 20.7 Å². The molecule has 3 N–H and O–H groups in total. The van der Waals surface area contributed by atoms with Crippen molar-refractivity contribution in [1.29, 1.82) is 0 Å². The third-order valence-electron chi connectivity index (χ3n) is 3.82. The summed E-state index contributed by atoms with van der Waals surface area (Å²) < 4.78 is 5.38. The Bertz CT molecular complexity index is 680. The Morgan fingerprint density at radius 1 is 1.08 bits per heavy atom. The van der Waals surface area contributed by atoms with Gasteiger partial charge >= 0.3 is 0 Å².